The Hall–Kier alpha value is -1.59. The topological polar surface area (TPSA) is 78.6 Å². The molecular formula is C12H19N3O2. The summed E-state index contributed by atoms with van der Waals surface area (Å²) in [6, 6.07) is 7.09. The summed E-state index contributed by atoms with van der Waals surface area (Å²) in [5.74, 6) is 0. The maximum atomic E-state index is 11.7. The molecule has 0 spiro atoms. The van der Waals surface area contributed by atoms with E-state index < -0.39 is 0 Å². The molecule has 2 amide bonds. The third kappa shape index (κ3) is 4.05. The Labute approximate surface area is 101 Å². The predicted molar refractivity (Wildman–Crippen MR) is 67.8 cm³/mol. The average Bonchev–Trinajstić information content (AvgIpc) is 2.29. The molecule has 1 aromatic carbocycles. The number of benzene rings is 1. The summed E-state index contributed by atoms with van der Waals surface area (Å²) in [6.45, 7) is 2.14. The number of aliphatic hydroxyl groups is 1. The molecule has 0 saturated heterocycles. The van der Waals surface area contributed by atoms with Crippen LogP contribution < -0.4 is 11.1 Å². The fourth-order valence-electron chi connectivity index (χ4n) is 1.37. The Morgan fingerprint density at radius 3 is 2.88 bits per heavy atom. The monoisotopic (exact) mass is 237 g/mol. The Morgan fingerprint density at radius 1 is 1.59 bits per heavy atom. The zero-order valence-electron chi connectivity index (χ0n) is 10.2. The number of urea groups is 1. The maximum Gasteiger partial charge on any atom is 0.321 e. The van der Waals surface area contributed by atoms with E-state index in [9.17, 15) is 4.79 Å². The summed E-state index contributed by atoms with van der Waals surface area (Å²) in [5, 5.41) is 11.5. The first-order chi connectivity index (χ1) is 8.04. The molecule has 0 aromatic heterocycles. The maximum absolute atomic E-state index is 11.7. The first kappa shape index (κ1) is 13.5. The lowest BCUT2D eigenvalue weighted by Gasteiger charge is -2.17. The third-order valence-electron chi connectivity index (χ3n) is 2.45. The van der Waals surface area contributed by atoms with Gasteiger partial charge >= 0.3 is 6.03 Å². The standard InChI is InChI=1S/C12H19N3O2/c1-9(13)10-4-3-5-11(8-10)14-12(17)15(2)6-7-16/h3-5,8-9,16H,6-7,13H2,1-2H3,(H,14,17). The second kappa shape index (κ2) is 6.22. The van der Waals surface area contributed by atoms with E-state index in [1.165, 1.54) is 4.90 Å². The molecule has 1 unspecified atom stereocenters. The number of carbonyl (C=O) groups is 1. The van der Waals surface area contributed by atoms with Crippen LogP contribution in [0.4, 0.5) is 10.5 Å². The number of hydrogen-bond donors (Lipinski definition) is 3. The van der Waals surface area contributed by atoms with E-state index in [1.54, 1.807) is 13.1 Å². The predicted octanol–water partition coefficient (Wildman–Crippen LogP) is 1.16. The smallest absolute Gasteiger partial charge is 0.321 e. The normalized spacial score (nSPS) is 12.0. The molecule has 0 fully saturated rings. The molecular weight excluding hydrogens is 218 g/mol. The van der Waals surface area contributed by atoms with E-state index in [4.69, 9.17) is 10.8 Å². The second-order valence-corrected chi connectivity index (χ2v) is 3.99. The summed E-state index contributed by atoms with van der Waals surface area (Å²) in [7, 11) is 1.63. The van der Waals surface area contributed by atoms with Crippen molar-refractivity contribution in [1.82, 2.24) is 4.90 Å². The molecule has 5 nitrogen and oxygen atoms in total. The van der Waals surface area contributed by atoms with E-state index in [-0.39, 0.29) is 18.7 Å². The van der Waals surface area contributed by atoms with E-state index >= 15 is 0 Å². The Kier molecular flexibility index (Phi) is 4.93. The fourth-order valence-corrected chi connectivity index (χ4v) is 1.37. The largest absolute Gasteiger partial charge is 0.395 e. The number of aliphatic hydroxyl groups excluding tert-OH is 1. The number of nitrogens with zero attached hydrogens (tertiary/aromatic N) is 1. The van der Waals surface area contributed by atoms with Gasteiger partial charge in [-0.1, -0.05) is 12.1 Å². The van der Waals surface area contributed by atoms with Crippen molar-refractivity contribution < 1.29 is 9.90 Å². The van der Waals surface area contributed by atoms with Crippen LogP contribution >= 0.6 is 0 Å². The Bertz CT molecular complexity index is 380. The lowest BCUT2D eigenvalue weighted by atomic mass is 10.1. The number of anilines is 1. The molecule has 1 aromatic rings. The molecule has 1 rings (SSSR count). The van der Waals surface area contributed by atoms with E-state index in [0.29, 0.717) is 12.2 Å². The third-order valence-corrected chi connectivity index (χ3v) is 2.45. The van der Waals surface area contributed by atoms with Gasteiger partial charge in [0.05, 0.1) is 6.61 Å². The molecule has 0 bridgehead atoms. The van der Waals surface area contributed by atoms with Crippen molar-refractivity contribution in [2.75, 3.05) is 25.5 Å². The van der Waals surface area contributed by atoms with Gasteiger partial charge in [0.15, 0.2) is 0 Å². The minimum Gasteiger partial charge on any atom is -0.395 e. The Balaban J connectivity index is 2.68. The van der Waals surface area contributed by atoms with Crippen LogP contribution in [0.1, 0.15) is 18.5 Å². The van der Waals surface area contributed by atoms with Crippen molar-refractivity contribution in [2.24, 2.45) is 5.73 Å². The van der Waals surface area contributed by atoms with Crippen molar-refractivity contribution in [2.45, 2.75) is 13.0 Å². The van der Waals surface area contributed by atoms with Gasteiger partial charge in [-0.2, -0.15) is 0 Å². The number of amides is 2. The highest BCUT2D eigenvalue weighted by atomic mass is 16.3. The van der Waals surface area contributed by atoms with E-state index in [1.807, 2.05) is 25.1 Å². The van der Waals surface area contributed by atoms with Gasteiger partial charge in [0, 0.05) is 25.3 Å². The molecule has 0 aliphatic heterocycles. The first-order valence-electron chi connectivity index (χ1n) is 5.53. The molecule has 4 N–H and O–H groups in total. The zero-order valence-corrected chi connectivity index (χ0v) is 10.2. The van der Waals surface area contributed by atoms with Crippen LogP contribution in [0.25, 0.3) is 0 Å². The minimum atomic E-state index is -0.249. The van der Waals surface area contributed by atoms with Gasteiger partial charge < -0.3 is 21.1 Å². The van der Waals surface area contributed by atoms with Gasteiger partial charge in [0.1, 0.15) is 0 Å². The number of likely N-dealkylation sites (N-methyl/N-ethyl adjacent to an activating group) is 1. The van der Waals surface area contributed by atoms with Crippen molar-refractivity contribution in [3.05, 3.63) is 29.8 Å². The minimum absolute atomic E-state index is 0.0518. The summed E-state index contributed by atoms with van der Waals surface area (Å²) in [5.41, 5.74) is 7.43. The van der Waals surface area contributed by atoms with Gasteiger partial charge in [0.25, 0.3) is 0 Å². The van der Waals surface area contributed by atoms with Crippen LogP contribution in [-0.2, 0) is 0 Å². The first-order valence-corrected chi connectivity index (χ1v) is 5.53. The quantitative estimate of drug-likeness (QED) is 0.735. The summed E-state index contributed by atoms with van der Waals surface area (Å²) < 4.78 is 0. The average molecular weight is 237 g/mol. The van der Waals surface area contributed by atoms with Crippen LogP contribution in [0.2, 0.25) is 0 Å². The number of nitrogens with one attached hydrogen (secondary N) is 1. The highest BCUT2D eigenvalue weighted by Crippen LogP contribution is 2.15. The van der Waals surface area contributed by atoms with Gasteiger partial charge in [-0.05, 0) is 24.6 Å². The molecule has 0 saturated carbocycles. The van der Waals surface area contributed by atoms with Crippen molar-refractivity contribution in [3.8, 4) is 0 Å². The van der Waals surface area contributed by atoms with Crippen LogP contribution in [0, 0.1) is 0 Å². The summed E-state index contributed by atoms with van der Waals surface area (Å²) in [4.78, 5) is 13.1. The molecule has 94 valence electrons. The molecule has 17 heavy (non-hydrogen) atoms. The van der Waals surface area contributed by atoms with Crippen LogP contribution in [0.15, 0.2) is 24.3 Å². The zero-order chi connectivity index (χ0) is 12.8. The number of hydrogen-bond acceptors (Lipinski definition) is 3. The SMILES string of the molecule is CC(N)c1cccc(NC(=O)N(C)CCO)c1. The molecule has 5 heteroatoms. The van der Waals surface area contributed by atoms with Crippen molar-refractivity contribution in [3.63, 3.8) is 0 Å². The lowest BCUT2D eigenvalue weighted by molar-refractivity contribution is 0.202. The van der Waals surface area contributed by atoms with Crippen LogP contribution in [0.5, 0.6) is 0 Å². The molecule has 1 atom stereocenters. The van der Waals surface area contributed by atoms with Crippen LogP contribution in [-0.4, -0.2) is 36.2 Å². The number of carbonyl (C=O) groups excluding carboxylic acids is 1. The fraction of sp³-hybridized carbons (Fsp3) is 0.417. The second-order valence-electron chi connectivity index (χ2n) is 3.99. The molecule has 0 radical (unpaired) electrons. The van der Waals surface area contributed by atoms with Crippen molar-refractivity contribution in [1.29, 1.82) is 0 Å². The molecule has 0 aliphatic carbocycles. The van der Waals surface area contributed by atoms with E-state index in [0.717, 1.165) is 5.56 Å². The molecule has 0 aliphatic rings. The highest BCUT2D eigenvalue weighted by Gasteiger charge is 2.08. The van der Waals surface area contributed by atoms with Gasteiger partial charge in [-0.25, -0.2) is 4.79 Å². The number of nitrogens with two attached hydrogens (primary N) is 1. The lowest BCUT2D eigenvalue weighted by Crippen LogP contribution is -2.33. The van der Waals surface area contributed by atoms with Crippen molar-refractivity contribution >= 4 is 11.7 Å². The van der Waals surface area contributed by atoms with E-state index in [2.05, 4.69) is 5.32 Å². The highest BCUT2D eigenvalue weighted by molar-refractivity contribution is 5.89. The Morgan fingerprint density at radius 2 is 2.29 bits per heavy atom. The summed E-state index contributed by atoms with van der Waals surface area (Å²) >= 11 is 0. The number of rotatable bonds is 4. The van der Waals surface area contributed by atoms with Gasteiger partial charge in [-0.3, -0.25) is 0 Å². The van der Waals surface area contributed by atoms with Gasteiger partial charge in [-0.15, -0.1) is 0 Å². The van der Waals surface area contributed by atoms with Crippen LogP contribution in [0.3, 0.4) is 0 Å². The molecule has 0 heterocycles. The summed E-state index contributed by atoms with van der Waals surface area (Å²) in [6.07, 6.45) is 0. The van der Waals surface area contributed by atoms with Gasteiger partial charge in [0.2, 0.25) is 0 Å².